The molecule has 0 aliphatic carbocycles. The Morgan fingerprint density at radius 2 is 2.12 bits per heavy atom. The van der Waals surface area contributed by atoms with E-state index >= 15 is 0 Å². The average Bonchev–Trinajstić information content (AvgIpc) is 2.69. The van der Waals surface area contributed by atoms with Gasteiger partial charge >= 0.3 is 0 Å². The van der Waals surface area contributed by atoms with E-state index in [1.54, 1.807) is 11.1 Å². The molecular formula is C20H29N3O3. The van der Waals surface area contributed by atoms with Gasteiger partial charge in [0.1, 0.15) is 0 Å². The van der Waals surface area contributed by atoms with Crippen molar-refractivity contribution < 1.29 is 14.3 Å². The third-order valence-corrected chi connectivity index (χ3v) is 5.52. The first kappa shape index (κ1) is 18.8. The zero-order chi connectivity index (χ0) is 18.4. The molecule has 3 heterocycles. The molecule has 26 heavy (non-hydrogen) atoms. The summed E-state index contributed by atoms with van der Waals surface area (Å²) in [5, 5.41) is 0. The summed E-state index contributed by atoms with van der Waals surface area (Å²) < 4.78 is 5.40. The van der Waals surface area contributed by atoms with Crippen molar-refractivity contribution in [1.29, 1.82) is 0 Å². The van der Waals surface area contributed by atoms with Gasteiger partial charge in [0.05, 0.1) is 18.2 Å². The maximum Gasteiger partial charge on any atom is 0.227 e. The van der Waals surface area contributed by atoms with Crippen molar-refractivity contribution in [2.24, 2.45) is 11.8 Å². The van der Waals surface area contributed by atoms with Crippen LogP contribution in [0.1, 0.15) is 37.8 Å². The normalized spacial score (nSPS) is 21.7. The number of carbonyl (C=O) groups excluding carboxylic acids is 2. The minimum atomic E-state index is -0.101. The first-order valence-corrected chi connectivity index (χ1v) is 9.64. The highest BCUT2D eigenvalue weighted by Crippen LogP contribution is 2.23. The van der Waals surface area contributed by atoms with Gasteiger partial charge < -0.3 is 14.5 Å². The van der Waals surface area contributed by atoms with Gasteiger partial charge in [-0.3, -0.25) is 14.6 Å². The Kier molecular flexibility index (Phi) is 6.61. The molecule has 2 amide bonds. The van der Waals surface area contributed by atoms with Crippen LogP contribution in [0.15, 0.2) is 24.4 Å². The molecule has 2 fully saturated rings. The van der Waals surface area contributed by atoms with Crippen LogP contribution in [-0.4, -0.2) is 59.9 Å². The molecule has 6 heteroatoms. The van der Waals surface area contributed by atoms with Crippen molar-refractivity contribution in [2.75, 3.05) is 33.4 Å². The van der Waals surface area contributed by atoms with Crippen LogP contribution in [0.25, 0.3) is 0 Å². The van der Waals surface area contributed by atoms with Gasteiger partial charge in [0.15, 0.2) is 0 Å². The summed E-state index contributed by atoms with van der Waals surface area (Å²) in [7, 11) is 1.89. The topological polar surface area (TPSA) is 62.7 Å². The van der Waals surface area contributed by atoms with Crippen LogP contribution in [0.3, 0.4) is 0 Å². The van der Waals surface area contributed by atoms with Crippen molar-refractivity contribution >= 4 is 11.8 Å². The summed E-state index contributed by atoms with van der Waals surface area (Å²) >= 11 is 0. The fraction of sp³-hybridized carbons (Fsp3) is 0.650. The van der Waals surface area contributed by atoms with Crippen molar-refractivity contribution in [3.63, 3.8) is 0 Å². The zero-order valence-corrected chi connectivity index (χ0v) is 15.6. The number of rotatable bonds is 6. The van der Waals surface area contributed by atoms with Crippen LogP contribution in [0.5, 0.6) is 0 Å². The van der Waals surface area contributed by atoms with E-state index in [-0.39, 0.29) is 17.7 Å². The Morgan fingerprint density at radius 3 is 2.85 bits per heavy atom. The smallest absolute Gasteiger partial charge is 0.227 e. The Balaban J connectivity index is 1.50. The second kappa shape index (κ2) is 9.12. The lowest BCUT2D eigenvalue weighted by Crippen LogP contribution is -2.46. The molecule has 0 N–H and O–H groups in total. The molecule has 0 aromatic carbocycles. The molecule has 0 spiro atoms. The number of amides is 2. The van der Waals surface area contributed by atoms with Crippen molar-refractivity contribution in [2.45, 2.75) is 38.6 Å². The summed E-state index contributed by atoms with van der Waals surface area (Å²) in [5.74, 6) is 0.837. The van der Waals surface area contributed by atoms with E-state index in [9.17, 15) is 9.59 Å². The summed E-state index contributed by atoms with van der Waals surface area (Å²) in [5.41, 5.74) is 0.863. The number of pyridine rings is 1. The van der Waals surface area contributed by atoms with Gasteiger partial charge in [-0.1, -0.05) is 6.07 Å². The molecule has 1 aromatic rings. The highest BCUT2D eigenvalue weighted by Gasteiger charge is 2.32. The predicted octanol–water partition coefficient (Wildman–Crippen LogP) is 2.10. The molecule has 3 rings (SSSR count). The molecule has 2 aliphatic rings. The molecule has 1 atom stereocenters. The zero-order valence-electron chi connectivity index (χ0n) is 15.6. The van der Waals surface area contributed by atoms with E-state index in [0.29, 0.717) is 31.8 Å². The fourth-order valence-electron chi connectivity index (χ4n) is 3.79. The molecule has 0 bridgehead atoms. The molecule has 0 saturated carbocycles. The summed E-state index contributed by atoms with van der Waals surface area (Å²) in [6, 6.07) is 5.70. The highest BCUT2D eigenvalue weighted by atomic mass is 16.5. The Bertz CT molecular complexity index is 602. The quantitative estimate of drug-likeness (QED) is 0.780. The van der Waals surface area contributed by atoms with Gasteiger partial charge in [-0.2, -0.15) is 0 Å². The number of ether oxygens (including phenoxy) is 1. The summed E-state index contributed by atoms with van der Waals surface area (Å²) in [6.45, 7) is 3.45. The van der Waals surface area contributed by atoms with Crippen LogP contribution in [0.4, 0.5) is 0 Å². The van der Waals surface area contributed by atoms with E-state index in [4.69, 9.17) is 4.74 Å². The van der Waals surface area contributed by atoms with Crippen molar-refractivity contribution in [3.05, 3.63) is 30.1 Å². The molecule has 0 radical (unpaired) electrons. The predicted molar refractivity (Wildman–Crippen MR) is 98.2 cm³/mol. The number of nitrogens with zero attached hydrogens (tertiary/aromatic N) is 3. The third kappa shape index (κ3) is 5.04. The van der Waals surface area contributed by atoms with Crippen LogP contribution in [0.2, 0.25) is 0 Å². The first-order valence-electron chi connectivity index (χ1n) is 9.64. The molecule has 2 aliphatic heterocycles. The fourth-order valence-corrected chi connectivity index (χ4v) is 3.79. The number of piperidine rings is 1. The standard InChI is InChI=1S/C20H29N3O3/c1-22(11-7-16-8-12-26-13-9-16)20(25)17-5-6-19(24)23(14-17)15-18-4-2-3-10-21-18/h2-4,10,16-17H,5-9,11-15H2,1H3. The molecule has 6 nitrogen and oxygen atoms in total. The van der Waals surface area contributed by atoms with Gasteiger partial charge in [0, 0.05) is 46.0 Å². The number of hydrogen-bond acceptors (Lipinski definition) is 4. The van der Waals surface area contributed by atoms with Crippen LogP contribution in [0, 0.1) is 11.8 Å². The lowest BCUT2D eigenvalue weighted by atomic mass is 9.94. The molecule has 1 aromatic heterocycles. The second-order valence-corrected chi connectivity index (χ2v) is 7.44. The average molecular weight is 359 g/mol. The van der Waals surface area contributed by atoms with Crippen LogP contribution >= 0.6 is 0 Å². The van der Waals surface area contributed by atoms with E-state index in [0.717, 1.165) is 44.7 Å². The molecule has 1 unspecified atom stereocenters. The van der Waals surface area contributed by atoms with Gasteiger partial charge in [-0.05, 0) is 43.7 Å². The van der Waals surface area contributed by atoms with Gasteiger partial charge in [0.25, 0.3) is 0 Å². The Labute approximate surface area is 155 Å². The third-order valence-electron chi connectivity index (χ3n) is 5.52. The Morgan fingerprint density at radius 1 is 1.31 bits per heavy atom. The highest BCUT2D eigenvalue weighted by molar-refractivity contribution is 5.83. The summed E-state index contributed by atoms with van der Waals surface area (Å²) in [6.07, 6.45) is 6.05. The van der Waals surface area contributed by atoms with Gasteiger partial charge in [-0.15, -0.1) is 0 Å². The lowest BCUT2D eigenvalue weighted by molar-refractivity contribution is -0.143. The van der Waals surface area contributed by atoms with Gasteiger partial charge in [-0.25, -0.2) is 0 Å². The minimum Gasteiger partial charge on any atom is -0.381 e. The first-order chi connectivity index (χ1) is 12.6. The van der Waals surface area contributed by atoms with E-state index in [2.05, 4.69) is 4.98 Å². The number of likely N-dealkylation sites (tertiary alicyclic amines) is 1. The minimum absolute atomic E-state index is 0.101. The number of aromatic nitrogens is 1. The molecule has 142 valence electrons. The monoisotopic (exact) mass is 359 g/mol. The second-order valence-electron chi connectivity index (χ2n) is 7.44. The van der Waals surface area contributed by atoms with Crippen molar-refractivity contribution in [3.8, 4) is 0 Å². The van der Waals surface area contributed by atoms with E-state index in [1.807, 2.05) is 30.1 Å². The van der Waals surface area contributed by atoms with Crippen molar-refractivity contribution in [1.82, 2.24) is 14.8 Å². The van der Waals surface area contributed by atoms with Crippen LogP contribution in [-0.2, 0) is 20.9 Å². The maximum absolute atomic E-state index is 12.8. The van der Waals surface area contributed by atoms with Gasteiger partial charge in [0.2, 0.25) is 11.8 Å². The maximum atomic E-state index is 12.8. The van der Waals surface area contributed by atoms with E-state index in [1.165, 1.54) is 0 Å². The molecule has 2 saturated heterocycles. The molecular weight excluding hydrogens is 330 g/mol. The Hall–Kier alpha value is -1.95. The summed E-state index contributed by atoms with van der Waals surface area (Å²) in [4.78, 5) is 33.0. The SMILES string of the molecule is CN(CCC1CCOCC1)C(=O)C1CCC(=O)N(Cc2ccccn2)C1. The van der Waals surface area contributed by atoms with E-state index < -0.39 is 0 Å². The number of hydrogen-bond donors (Lipinski definition) is 0. The largest absolute Gasteiger partial charge is 0.381 e. The lowest BCUT2D eigenvalue weighted by Gasteiger charge is -2.34. The van der Waals surface area contributed by atoms with Crippen LogP contribution < -0.4 is 0 Å². The number of carbonyl (C=O) groups is 2.